The van der Waals surface area contributed by atoms with E-state index in [0.29, 0.717) is 11.4 Å². The number of amides is 1. The molecule has 1 N–H and O–H groups in total. The molecule has 26 heavy (non-hydrogen) atoms. The first kappa shape index (κ1) is 20.2. The summed E-state index contributed by atoms with van der Waals surface area (Å²) < 4.78 is 11.5. The van der Waals surface area contributed by atoms with E-state index in [-0.39, 0.29) is 6.61 Å². The van der Waals surface area contributed by atoms with Gasteiger partial charge in [0, 0.05) is 15.0 Å². The van der Waals surface area contributed by atoms with E-state index in [1.54, 1.807) is 25.3 Å². The van der Waals surface area contributed by atoms with Gasteiger partial charge in [-0.2, -0.15) is 0 Å². The quantitative estimate of drug-likeness (QED) is 0.477. The van der Waals surface area contributed by atoms with Crippen molar-refractivity contribution >= 4 is 55.5 Å². The standard InChI is InChI=1S/C19H17Br2NO4/c1-12-8-15(20)19(16(21)9-12)22-17(23)11-26-18(24)7-6-13-4-3-5-14(10-13)25-2/h3-10H,11H2,1-2H3,(H,22,23)/b7-6+. The van der Waals surface area contributed by atoms with Crippen molar-refractivity contribution in [2.24, 2.45) is 0 Å². The second kappa shape index (κ2) is 9.54. The lowest BCUT2D eigenvalue weighted by Crippen LogP contribution is -2.20. The van der Waals surface area contributed by atoms with Gasteiger partial charge >= 0.3 is 5.97 Å². The van der Waals surface area contributed by atoms with E-state index in [4.69, 9.17) is 9.47 Å². The summed E-state index contributed by atoms with van der Waals surface area (Å²) in [4.78, 5) is 23.8. The van der Waals surface area contributed by atoms with Crippen LogP contribution in [0.1, 0.15) is 11.1 Å². The zero-order valence-electron chi connectivity index (χ0n) is 14.2. The molecule has 7 heteroatoms. The number of anilines is 1. The first-order valence-electron chi connectivity index (χ1n) is 7.63. The lowest BCUT2D eigenvalue weighted by atomic mass is 10.2. The summed E-state index contributed by atoms with van der Waals surface area (Å²) >= 11 is 6.79. The lowest BCUT2D eigenvalue weighted by molar-refractivity contribution is -0.142. The van der Waals surface area contributed by atoms with E-state index >= 15 is 0 Å². The molecule has 0 aliphatic carbocycles. The predicted molar refractivity (Wildman–Crippen MR) is 108 cm³/mol. The van der Waals surface area contributed by atoms with Crippen molar-refractivity contribution < 1.29 is 19.1 Å². The van der Waals surface area contributed by atoms with Gasteiger partial charge in [0.05, 0.1) is 12.8 Å². The van der Waals surface area contributed by atoms with Crippen LogP contribution in [0.15, 0.2) is 51.4 Å². The van der Waals surface area contributed by atoms with E-state index in [1.165, 1.54) is 6.08 Å². The molecule has 0 atom stereocenters. The van der Waals surface area contributed by atoms with Crippen molar-refractivity contribution in [3.8, 4) is 5.75 Å². The molecule has 0 aliphatic rings. The molecule has 0 radical (unpaired) electrons. The number of carbonyl (C=O) groups is 2. The Hall–Kier alpha value is -2.12. The molecule has 0 saturated carbocycles. The number of carbonyl (C=O) groups excluding carboxylic acids is 2. The molecule has 2 aromatic carbocycles. The number of hydrogen-bond acceptors (Lipinski definition) is 4. The van der Waals surface area contributed by atoms with Crippen molar-refractivity contribution in [3.05, 3.63) is 62.5 Å². The largest absolute Gasteiger partial charge is 0.497 e. The van der Waals surface area contributed by atoms with E-state index in [9.17, 15) is 9.59 Å². The molecule has 0 heterocycles. The van der Waals surface area contributed by atoms with Gasteiger partial charge < -0.3 is 14.8 Å². The van der Waals surface area contributed by atoms with Crippen LogP contribution in [-0.2, 0) is 14.3 Å². The molecule has 136 valence electrons. The van der Waals surface area contributed by atoms with Crippen LogP contribution in [0.25, 0.3) is 6.08 Å². The summed E-state index contributed by atoms with van der Waals surface area (Å²) in [6, 6.07) is 11.0. The maximum absolute atomic E-state index is 12.0. The molecule has 0 unspecified atom stereocenters. The monoisotopic (exact) mass is 481 g/mol. The van der Waals surface area contributed by atoms with Gasteiger partial charge in [-0.15, -0.1) is 0 Å². The molecule has 1 amide bonds. The van der Waals surface area contributed by atoms with Crippen molar-refractivity contribution in [2.45, 2.75) is 6.92 Å². The van der Waals surface area contributed by atoms with E-state index in [0.717, 1.165) is 20.1 Å². The topological polar surface area (TPSA) is 64.6 Å². The molecule has 0 saturated heterocycles. The van der Waals surface area contributed by atoms with Crippen LogP contribution >= 0.6 is 31.9 Å². The Morgan fingerprint density at radius 2 is 1.85 bits per heavy atom. The first-order chi connectivity index (χ1) is 12.4. The fraction of sp³-hybridized carbons (Fsp3) is 0.158. The summed E-state index contributed by atoms with van der Waals surface area (Å²) in [6.45, 7) is 1.56. The molecule has 5 nitrogen and oxygen atoms in total. The van der Waals surface area contributed by atoms with Crippen molar-refractivity contribution in [3.63, 3.8) is 0 Å². The third-order valence-corrected chi connectivity index (χ3v) is 4.55. The SMILES string of the molecule is COc1cccc(/C=C/C(=O)OCC(=O)Nc2c(Br)cc(C)cc2Br)c1. The van der Waals surface area contributed by atoms with Gasteiger partial charge in [-0.05, 0) is 80.3 Å². The number of benzene rings is 2. The van der Waals surface area contributed by atoms with Crippen LogP contribution < -0.4 is 10.1 Å². The minimum atomic E-state index is -0.606. The molecule has 0 fully saturated rings. The van der Waals surface area contributed by atoms with Crippen LogP contribution in [0.2, 0.25) is 0 Å². The maximum Gasteiger partial charge on any atom is 0.331 e. The summed E-state index contributed by atoms with van der Waals surface area (Å²) in [5, 5.41) is 2.70. The van der Waals surface area contributed by atoms with Gasteiger partial charge in [-0.3, -0.25) is 4.79 Å². The van der Waals surface area contributed by atoms with E-state index in [1.807, 2.05) is 31.2 Å². The third kappa shape index (κ3) is 6.00. The number of aryl methyl sites for hydroxylation is 1. The van der Waals surface area contributed by atoms with Crippen molar-refractivity contribution in [1.29, 1.82) is 0 Å². The smallest absolute Gasteiger partial charge is 0.331 e. The average molecular weight is 483 g/mol. The zero-order valence-corrected chi connectivity index (χ0v) is 17.4. The van der Waals surface area contributed by atoms with Crippen molar-refractivity contribution in [2.75, 3.05) is 19.0 Å². The summed E-state index contributed by atoms with van der Waals surface area (Å²) in [6.07, 6.45) is 2.86. The second-order valence-electron chi connectivity index (χ2n) is 5.37. The molecule has 0 aliphatic heterocycles. The van der Waals surface area contributed by atoms with Gasteiger partial charge in [-0.25, -0.2) is 4.79 Å². The summed E-state index contributed by atoms with van der Waals surface area (Å²) in [5.41, 5.74) is 2.41. The Labute approximate surface area is 168 Å². The van der Waals surface area contributed by atoms with Gasteiger partial charge in [0.2, 0.25) is 0 Å². The zero-order chi connectivity index (χ0) is 19.1. The average Bonchev–Trinajstić information content (AvgIpc) is 2.61. The Balaban J connectivity index is 1.89. The van der Waals surface area contributed by atoms with Crippen LogP contribution in [0.3, 0.4) is 0 Å². The van der Waals surface area contributed by atoms with Crippen LogP contribution in [0.4, 0.5) is 5.69 Å². The number of ether oxygens (including phenoxy) is 2. The normalized spacial score (nSPS) is 10.6. The lowest BCUT2D eigenvalue weighted by Gasteiger charge is -2.10. The third-order valence-electron chi connectivity index (χ3n) is 3.30. The molecular weight excluding hydrogens is 466 g/mol. The minimum Gasteiger partial charge on any atom is -0.497 e. The van der Waals surface area contributed by atoms with Gasteiger partial charge in [0.1, 0.15) is 5.75 Å². The Kier molecular flexibility index (Phi) is 7.41. The highest BCUT2D eigenvalue weighted by atomic mass is 79.9. The Morgan fingerprint density at radius 3 is 2.50 bits per heavy atom. The number of rotatable bonds is 6. The molecule has 2 rings (SSSR count). The molecule has 0 aromatic heterocycles. The maximum atomic E-state index is 12.0. The number of halogens is 2. The van der Waals surface area contributed by atoms with Crippen LogP contribution in [-0.4, -0.2) is 25.6 Å². The van der Waals surface area contributed by atoms with E-state index < -0.39 is 11.9 Å². The second-order valence-corrected chi connectivity index (χ2v) is 7.08. The number of methoxy groups -OCH3 is 1. The highest BCUT2D eigenvalue weighted by Crippen LogP contribution is 2.32. The number of hydrogen-bond donors (Lipinski definition) is 1. The van der Waals surface area contributed by atoms with Crippen LogP contribution in [0, 0.1) is 6.92 Å². The number of nitrogens with one attached hydrogen (secondary N) is 1. The number of esters is 1. The first-order valence-corrected chi connectivity index (χ1v) is 9.22. The molecular formula is C19H17Br2NO4. The summed E-state index contributed by atoms with van der Waals surface area (Å²) in [7, 11) is 1.57. The van der Waals surface area contributed by atoms with Crippen LogP contribution in [0.5, 0.6) is 5.75 Å². The Morgan fingerprint density at radius 1 is 1.15 bits per heavy atom. The molecule has 2 aromatic rings. The fourth-order valence-electron chi connectivity index (χ4n) is 2.09. The van der Waals surface area contributed by atoms with Gasteiger partial charge in [0.15, 0.2) is 6.61 Å². The predicted octanol–water partition coefficient (Wildman–Crippen LogP) is 4.72. The van der Waals surface area contributed by atoms with Crippen molar-refractivity contribution in [1.82, 2.24) is 0 Å². The highest BCUT2D eigenvalue weighted by molar-refractivity contribution is 9.11. The fourth-order valence-corrected chi connectivity index (χ4v) is 3.70. The van der Waals surface area contributed by atoms with Gasteiger partial charge in [-0.1, -0.05) is 12.1 Å². The summed E-state index contributed by atoms with van der Waals surface area (Å²) in [5.74, 6) is -0.350. The Bertz CT molecular complexity index is 826. The van der Waals surface area contributed by atoms with Gasteiger partial charge in [0.25, 0.3) is 5.91 Å². The minimum absolute atomic E-state index is 0.381. The van der Waals surface area contributed by atoms with E-state index in [2.05, 4.69) is 37.2 Å². The molecule has 0 spiro atoms. The highest BCUT2D eigenvalue weighted by Gasteiger charge is 2.11. The molecule has 0 bridgehead atoms.